The van der Waals surface area contributed by atoms with Gasteiger partial charge in [-0.05, 0) is 47.1 Å². The van der Waals surface area contributed by atoms with E-state index in [4.69, 9.17) is 5.26 Å². The Labute approximate surface area is 172 Å². The predicted octanol–water partition coefficient (Wildman–Crippen LogP) is 6.53. The Bertz CT molecular complexity index is 956. The molecule has 7 nitrogen and oxygen atoms in total. The number of anilines is 1. The molecular formula is C18H15BrF3N5O2. The van der Waals surface area contributed by atoms with Crippen LogP contribution in [-0.2, 0) is 6.18 Å². The van der Waals surface area contributed by atoms with E-state index in [2.05, 4.69) is 32.2 Å². The molecule has 11 heteroatoms. The third kappa shape index (κ3) is 5.74. The molecule has 2 rings (SSSR count). The van der Waals surface area contributed by atoms with Gasteiger partial charge >= 0.3 is 6.18 Å². The number of non-ortho nitro benzene ring substituents is 1. The van der Waals surface area contributed by atoms with Gasteiger partial charge in [0.15, 0.2) is 0 Å². The first-order valence-electron chi connectivity index (χ1n) is 8.36. The minimum Gasteiger partial charge on any atom is -0.371 e. The van der Waals surface area contributed by atoms with Crippen LogP contribution in [0.4, 0.5) is 35.9 Å². The Hall–Kier alpha value is -3.00. The number of nitrogens with zero attached hydrogens (tertiary/aromatic N) is 5. The minimum absolute atomic E-state index is 0.187. The van der Waals surface area contributed by atoms with Crippen LogP contribution >= 0.6 is 15.9 Å². The van der Waals surface area contributed by atoms with E-state index >= 15 is 0 Å². The first-order chi connectivity index (χ1) is 13.7. The highest BCUT2D eigenvalue weighted by Gasteiger charge is 2.36. The lowest BCUT2D eigenvalue weighted by Gasteiger charge is -2.21. The molecule has 2 aromatic rings. The lowest BCUT2D eigenvalue weighted by Crippen LogP contribution is -2.23. The number of nitriles is 1. The molecule has 0 unspecified atom stereocenters. The molecule has 29 heavy (non-hydrogen) atoms. The van der Waals surface area contributed by atoms with Crippen molar-refractivity contribution in [1.29, 1.82) is 5.26 Å². The van der Waals surface area contributed by atoms with Crippen LogP contribution in [0.15, 0.2) is 51.1 Å². The van der Waals surface area contributed by atoms with Gasteiger partial charge in [0.25, 0.3) is 5.69 Å². The van der Waals surface area contributed by atoms with Crippen molar-refractivity contribution in [2.75, 3.05) is 18.0 Å². The van der Waals surface area contributed by atoms with Crippen LogP contribution in [0.5, 0.6) is 0 Å². The maximum Gasteiger partial charge on any atom is 0.418 e. The number of hydrogen-bond donors (Lipinski definition) is 0. The van der Waals surface area contributed by atoms with E-state index in [-0.39, 0.29) is 4.47 Å². The van der Waals surface area contributed by atoms with Crippen molar-refractivity contribution in [3.63, 3.8) is 0 Å². The van der Waals surface area contributed by atoms with E-state index in [0.29, 0.717) is 31.3 Å². The van der Waals surface area contributed by atoms with Crippen LogP contribution in [0.2, 0.25) is 0 Å². The Morgan fingerprint density at radius 1 is 1.24 bits per heavy atom. The van der Waals surface area contributed by atoms with E-state index in [1.807, 2.05) is 11.8 Å². The largest absolute Gasteiger partial charge is 0.418 e. The fourth-order valence-electron chi connectivity index (χ4n) is 2.50. The number of hydrogen-bond acceptors (Lipinski definition) is 6. The standard InChI is InChI=1S/C18H15BrF3N5O2/c1-2-26(9-3-8-23)13-6-4-12(5-7-13)24-25-17-15(18(20,21)22)10-14(27(28)29)11-16(17)19/h4-7,10-11H,2-3,9H2,1H3. The molecule has 0 bridgehead atoms. The van der Waals surface area contributed by atoms with Crippen molar-refractivity contribution < 1.29 is 18.1 Å². The summed E-state index contributed by atoms with van der Waals surface area (Å²) in [5, 5.41) is 27.0. The van der Waals surface area contributed by atoms with Crippen molar-refractivity contribution in [3.05, 3.63) is 56.5 Å². The highest BCUT2D eigenvalue weighted by Crippen LogP contribution is 2.43. The summed E-state index contributed by atoms with van der Waals surface area (Å²) in [6.45, 7) is 3.18. The van der Waals surface area contributed by atoms with Gasteiger partial charge in [-0.1, -0.05) is 0 Å². The topological polar surface area (TPSA) is 94.9 Å². The quantitative estimate of drug-likeness (QED) is 0.261. The van der Waals surface area contributed by atoms with Crippen molar-refractivity contribution in [2.24, 2.45) is 10.2 Å². The van der Waals surface area contributed by atoms with Crippen LogP contribution < -0.4 is 4.90 Å². The van der Waals surface area contributed by atoms with Gasteiger partial charge < -0.3 is 4.90 Å². The molecule has 0 atom stereocenters. The number of halogens is 4. The summed E-state index contributed by atoms with van der Waals surface area (Å²) in [4.78, 5) is 11.9. The maximum atomic E-state index is 13.3. The predicted molar refractivity (Wildman–Crippen MR) is 105 cm³/mol. The molecule has 0 radical (unpaired) electrons. The normalized spacial score (nSPS) is 11.4. The molecule has 152 valence electrons. The molecule has 2 aromatic carbocycles. The molecular weight excluding hydrogens is 455 g/mol. The Morgan fingerprint density at radius 2 is 1.90 bits per heavy atom. The van der Waals surface area contributed by atoms with Gasteiger partial charge in [0.1, 0.15) is 5.69 Å². The second kappa shape index (κ2) is 9.47. The average Bonchev–Trinajstić information content (AvgIpc) is 2.67. The molecule has 0 N–H and O–H groups in total. The summed E-state index contributed by atoms with van der Waals surface area (Å²) in [6, 6.07) is 10.1. The highest BCUT2D eigenvalue weighted by atomic mass is 79.9. The SMILES string of the molecule is CCN(CCC#N)c1ccc(N=Nc2c(Br)cc([N+](=O)[O-])cc2C(F)(F)F)cc1. The second-order valence-electron chi connectivity index (χ2n) is 5.78. The van der Waals surface area contributed by atoms with E-state index in [0.717, 1.165) is 11.8 Å². The summed E-state index contributed by atoms with van der Waals surface area (Å²) in [5.74, 6) is 0. The summed E-state index contributed by atoms with van der Waals surface area (Å²) in [7, 11) is 0. The number of nitro benzene ring substituents is 1. The second-order valence-corrected chi connectivity index (χ2v) is 6.64. The van der Waals surface area contributed by atoms with E-state index in [1.54, 1.807) is 24.3 Å². The monoisotopic (exact) mass is 469 g/mol. The van der Waals surface area contributed by atoms with Crippen LogP contribution in [0.1, 0.15) is 18.9 Å². The Kier molecular flexibility index (Phi) is 7.28. The fourth-order valence-corrected chi connectivity index (χ4v) is 3.03. The summed E-state index contributed by atoms with van der Waals surface area (Å²) in [5.41, 5.74) is -1.36. The zero-order valence-electron chi connectivity index (χ0n) is 15.1. The van der Waals surface area contributed by atoms with Crippen molar-refractivity contribution in [1.82, 2.24) is 0 Å². The third-order valence-corrected chi connectivity index (χ3v) is 4.52. The van der Waals surface area contributed by atoms with E-state index < -0.39 is 28.0 Å². The van der Waals surface area contributed by atoms with Gasteiger partial charge in [-0.3, -0.25) is 10.1 Å². The molecule has 0 amide bonds. The number of benzene rings is 2. The zero-order chi connectivity index (χ0) is 21.6. The van der Waals surface area contributed by atoms with Gasteiger partial charge in [-0.15, -0.1) is 5.11 Å². The molecule has 0 spiro atoms. The summed E-state index contributed by atoms with van der Waals surface area (Å²) >= 11 is 2.91. The molecule has 0 fully saturated rings. The number of rotatable bonds is 7. The lowest BCUT2D eigenvalue weighted by molar-refractivity contribution is -0.385. The fraction of sp³-hybridized carbons (Fsp3) is 0.278. The minimum atomic E-state index is -4.84. The average molecular weight is 470 g/mol. The third-order valence-electron chi connectivity index (χ3n) is 3.92. The molecule has 0 saturated carbocycles. The van der Waals surface area contributed by atoms with Crippen LogP contribution in [-0.4, -0.2) is 18.0 Å². The van der Waals surface area contributed by atoms with Crippen molar-refractivity contribution >= 4 is 38.7 Å². The van der Waals surface area contributed by atoms with Crippen LogP contribution in [0, 0.1) is 21.4 Å². The molecule has 0 aliphatic heterocycles. The van der Waals surface area contributed by atoms with Crippen LogP contribution in [0.25, 0.3) is 0 Å². The number of alkyl halides is 3. The van der Waals surface area contributed by atoms with Gasteiger partial charge in [-0.25, -0.2) is 0 Å². The van der Waals surface area contributed by atoms with Crippen molar-refractivity contribution in [2.45, 2.75) is 19.5 Å². The highest BCUT2D eigenvalue weighted by molar-refractivity contribution is 9.10. The summed E-state index contributed by atoms with van der Waals surface area (Å²) in [6.07, 6.45) is -4.47. The summed E-state index contributed by atoms with van der Waals surface area (Å²) < 4.78 is 39.7. The first-order valence-corrected chi connectivity index (χ1v) is 9.15. The first kappa shape index (κ1) is 22.3. The Morgan fingerprint density at radius 3 is 2.41 bits per heavy atom. The van der Waals surface area contributed by atoms with Crippen molar-refractivity contribution in [3.8, 4) is 6.07 Å². The van der Waals surface area contributed by atoms with Gasteiger partial charge in [0.2, 0.25) is 0 Å². The number of azo groups is 1. The molecule has 0 saturated heterocycles. The number of nitro groups is 1. The van der Waals surface area contributed by atoms with E-state index in [1.165, 1.54) is 0 Å². The molecule has 0 aliphatic carbocycles. The molecule has 0 heterocycles. The van der Waals surface area contributed by atoms with Gasteiger partial charge in [0.05, 0.1) is 33.1 Å². The Balaban J connectivity index is 2.34. The lowest BCUT2D eigenvalue weighted by atomic mass is 10.1. The van der Waals surface area contributed by atoms with Crippen LogP contribution in [0.3, 0.4) is 0 Å². The zero-order valence-corrected chi connectivity index (χ0v) is 16.7. The van der Waals surface area contributed by atoms with E-state index in [9.17, 15) is 23.3 Å². The molecule has 0 aromatic heterocycles. The van der Waals surface area contributed by atoms with Gasteiger partial charge in [-0.2, -0.15) is 23.5 Å². The molecule has 0 aliphatic rings. The smallest absolute Gasteiger partial charge is 0.371 e. The maximum absolute atomic E-state index is 13.3. The van der Waals surface area contributed by atoms with Gasteiger partial charge in [0, 0.05) is 30.9 Å².